The summed E-state index contributed by atoms with van der Waals surface area (Å²) in [6.07, 6.45) is 1.66. The van der Waals surface area contributed by atoms with Crippen molar-refractivity contribution in [2.75, 3.05) is 5.32 Å². The lowest BCUT2D eigenvalue weighted by Gasteiger charge is -2.06. The molecule has 2 aromatic rings. The summed E-state index contributed by atoms with van der Waals surface area (Å²) in [5.74, 6) is -0.849. The van der Waals surface area contributed by atoms with E-state index < -0.39 is 5.95 Å². The molecule has 0 radical (unpaired) electrons. The molecule has 0 fully saturated rings. The lowest BCUT2D eigenvalue weighted by molar-refractivity contribution is 0.101. The van der Waals surface area contributed by atoms with E-state index >= 15 is 0 Å². The Hall–Kier alpha value is -1.88. The van der Waals surface area contributed by atoms with Crippen LogP contribution in [0.4, 0.5) is 10.2 Å². The lowest BCUT2D eigenvalue weighted by Crippen LogP contribution is -2.17. The number of nitrogens with one attached hydrogen (secondary N) is 1. The Morgan fingerprint density at radius 2 is 2.33 bits per heavy atom. The minimum absolute atomic E-state index is 0.167. The van der Waals surface area contributed by atoms with Crippen molar-refractivity contribution >= 4 is 23.3 Å². The number of nitrogens with zero attached hydrogens (tertiary/aromatic N) is 2. The van der Waals surface area contributed by atoms with Crippen molar-refractivity contribution in [1.29, 1.82) is 0 Å². The first kappa shape index (κ1) is 12.6. The number of pyridine rings is 1. The number of carbonyl (C=O) groups is 1. The van der Waals surface area contributed by atoms with Crippen LogP contribution in [-0.4, -0.2) is 15.5 Å². The molecule has 18 heavy (non-hydrogen) atoms. The van der Waals surface area contributed by atoms with E-state index in [0.29, 0.717) is 17.3 Å². The third-order valence-corrected chi connectivity index (χ3v) is 2.60. The number of aryl methyl sites for hydroxylation is 1. The number of carbonyl (C=O) groups excluding carboxylic acids is 1. The van der Waals surface area contributed by atoms with Gasteiger partial charge in [-0.1, -0.05) is 17.7 Å². The van der Waals surface area contributed by atoms with Crippen LogP contribution >= 0.6 is 11.6 Å². The smallest absolute Gasteiger partial charge is 0.273 e. The molecule has 0 spiro atoms. The van der Waals surface area contributed by atoms with Crippen molar-refractivity contribution < 1.29 is 9.18 Å². The highest BCUT2D eigenvalue weighted by atomic mass is 35.5. The van der Waals surface area contributed by atoms with Crippen LogP contribution in [0, 0.1) is 5.95 Å². The zero-order chi connectivity index (χ0) is 13.1. The Bertz CT molecular complexity index is 582. The molecule has 0 bridgehead atoms. The summed E-state index contributed by atoms with van der Waals surface area (Å²) in [5, 5.41) is 3.00. The summed E-state index contributed by atoms with van der Waals surface area (Å²) >= 11 is 5.84. The van der Waals surface area contributed by atoms with Gasteiger partial charge in [0.1, 0.15) is 11.5 Å². The molecule has 4 nitrogen and oxygen atoms in total. The summed E-state index contributed by atoms with van der Waals surface area (Å²) in [6.45, 7) is 2.51. The van der Waals surface area contributed by atoms with Gasteiger partial charge in [0.05, 0.1) is 5.02 Å². The fourth-order valence-corrected chi connectivity index (χ4v) is 1.81. The van der Waals surface area contributed by atoms with Crippen molar-refractivity contribution in [2.45, 2.75) is 13.5 Å². The zero-order valence-corrected chi connectivity index (χ0v) is 10.4. The molecule has 0 aliphatic carbocycles. The van der Waals surface area contributed by atoms with Gasteiger partial charge >= 0.3 is 0 Å². The molecule has 0 saturated heterocycles. The molecule has 6 heteroatoms. The van der Waals surface area contributed by atoms with Crippen molar-refractivity contribution in [3.63, 3.8) is 0 Å². The van der Waals surface area contributed by atoms with E-state index in [0.717, 1.165) is 0 Å². The SMILES string of the molecule is CCn1cc(Cl)cc1C(=O)Nc1cccc(F)n1. The highest BCUT2D eigenvalue weighted by Gasteiger charge is 2.13. The molecule has 94 valence electrons. The summed E-state index contributed by atoms with van der Waals surface area (Å²) in [7, 11) is 0. The van der Waals surface area contributed by atoms with Crippen molar-refractivity contribution in [2.24, 2.45) is 0 Å². The Morgan fingerprint density at radius 1 is 1.56 bits per heavy atom. The molecule has 1 amide bonds. The van der Waals surface area contributed by atoms with Crippen LogP contribution in [0.2, 0.25) is 5.02 Å². The quantitative estimate of drug-likeness (QED) is 0.869. The number of aromatic nitrogens is 2. The van der Waals surface area contributed by atoms with Gasteiger partial charge in [-0.2, -0.15) is 4.39 Å². The lowest BCUT2D eigenvalue weighted by atomic mass is 10.3. The van der Waals surface area contributed by atoms with Crippen LogP contribution in [0.3, 0.4) is 0 Å². The molecule has 1 N–H and O–H groups in total. The van der Waals surface area contributed by atoms with Crippen molar-refractivity contribution in [1.82, 2.24) is 9.55 Å². The van der Waals surface area contributed by atoms with Crippen LogP contribution in [0.5, 0.6) is 0 Å². The average Bonchev–Trinajstić information content (AvgIpc) is 2.70. The fourth-order valence-electron chi connectivity index (χ4n) is 1.59. The molecule has 2 rings (SSSR count). The van der Waals surface area contributed by atoms with Gasteiger partial charge in [0, 0.05) is 12.7 Å². The molecule has 0 atom stereocenters. The number of anilines is 1. The predicted octanol–water partition coefficient (Wildman–Crippen LogP) is 2.95. The second-order valence-electron chi connectivity index (χ2n) is 3.63. The molecule has 0 saturated carbocycles. The van der Waals surface area contributed by atoms with Crippen LogP contribution in [0.1, 0.15) is 17.4 Å². The summed E-state index contributed by atoms with van der Waals surface area (Å²) in [4.78, 5) is 15.5. The van der Waals surface area contributed by atoms with E-state index in [9.17, 15) is 9.18 Å². The van der Waals surface area contributed by atoms with Crippen LogP contribution in [0.25, 0.3) is 0 Å². The number of hydrogen-bond acceptors (Lipinski definition) is 2. The number of amides is 1. The summed E-state index contributed by atoms with van der Waals surface area (Å²) in [6, 6.07) is 5.76. The Labute approximate surface area is 108 Å². The van der Waals surface area contributed by atoms with Crippen LogP contribution in [0.15, 0.2) is 30.5 Å². The van der Waals surface area contributed by atoms with E-state index in [-0.39, 0.29) is 11.7 Å². The topological polar surface area (TPSA) is 46.9 Å². The molecule has 0 unspecified atom stereocenters. The van der Waals surface area contributed by atoms with Crippen molar-refractivity contribution in [3.05, 3.63) is 47.1 Å². The van der Waals surface area contributed by atoms with Crippen molar-refractivity contribution in [3.8, 4) is 0 Å². The van der Waals surface area contributed by atoms with Gasteiger partial charge in [-0.05, 0) is 25.1 Å². The maximum Gasteiger partial charge on any atom is 0.273 e. The van der Waals surface area contributed by atoms with E-state index in [2.05, 4.69) is 10.3 Å². The zero-order valence-electron chi connectivity index (χ0n) is 9.65. The summed E-state index contributed by atoms with van der Waals surface area (Å²) in [5.41, 5.74) is 0.411. The minimum Gasteiger partial charge on any atom is -0.342 e. The van der Waals surface area contributed by atoms with Gasteiger partial charge < -0.3 is 9.88 Å². The standard InChI is InChI=1S/C12H11ClFN3O/c1-2-17-7-8(13)6-9(17)12(18)16-11-5-3-4-10(14)15-11/h3-7H,2H2,1H3,(H,15,16,18). The first-order valence-corrected chi connectivity index (χ1v) is 5.77. The fraction of sp³-hybridized carbons (Fsp3) is 0.167. The Kier molecular flexibility index (Phi) is 3.62. The molecule has 0 aliphatic rings. The van der Waals surface area contributed by atoms with E-state index in [1.165, 1.54) is 18.2 Å². The normalized spacial score (nSPS) is 10.4. The van der Waals surface area contributed by atoms with E-state index in [4.69, 9.17) is 11.6 Å². The molecular weight excluding hydrogens is 257 g/mol. The van der Waals surface area contributed by atoms with Gasteiger partial charge in [-0.25, -0.2) is 4.98 Å². The average molecular weight is 268 g/mol. The molecule has 0 aromatic carbocycles. The number of hydrogen-bond donors (Lipinski definition) is 1. The predicted molar refractivity (Wildman–Crippen MR) is 67.3 cm³/mol. The van der Waals surface area contributed by atoms with Gasteiger partial charge in [0.25, 0.3) is 5.91 Å². The monoisotopic (exact) mass is 267 g/mol. The van der Waals surface area contributed by atoms with Gasteiger partial charge in [-0.15, -0.1) is 0 Å². The third kappa shape index (κ3) is 2.68. The van der Waals surface area contributed by atoms with Crippen LogP contribution in [-0.2, 0) is 6.54 Å². The van der Waals surface area contributed by atoms with Gasteiger partial charge in [0.2, 0.25) is 5.95 Å². The van der Waals surface area contributed by atoms with Crippen LogP contribution < -0.4 is 5.32 Å². The third-order valence-electron chi connectivity index (χ3n) is 2.39. The van der Waals surface area contributed by atoms with Gasteiger partial charge in [0.15, 0.2) is 0 Å². The Morgan fingerprint density at radius 3 is 3.00 bits per heavy atom. The molecular formula is C12H11ClFN3O. The number of rotatable bonds is 3. The molecule has 0 aliphatic heterocycles. The van der Waals surface area contributed by atoms with E-state index in [1.54, 1.807) is 16.8 Å². The number of halogens is 2. The maximum atomic E-state index is 12.9. The maximum absolute atomic E-state index is 12.9. The second-order valence-corrected chi connectivity index (χ2v) is 4.07. The highest BCUT2D eigenvalue weighted by Crippen LogP contribution is 2.15. The first-order valence-electron chi connectivity index (χ1n) is 5.39. The van der Waals surface area contributed by atoms with Gasteiger partial charge in [-0.3, -0.25) is 4.79 Å². The molecule has 2 heterocycles. The Balaban J connectivity index is 2.21. The second kappa shape index (κ2) is 5.18. The minimum atomic E-state index is -0.642. The highest BCUT2D eigenvalue weighted by molar-refractivity contribution is 6.31. The first-order chi connectivity index (χ1) is 8.60. The molecule has 2 aromatic heterocycles. The summed E-state index contributed by atoms with van der Waals surface area (Å²) < 4.78 is 14.6. The largest absolute Gasteiger partial charge is 0.342 e. The van der Waals surface area contributed by atoms with E-state index in [1.807, 2.05) is 6.92 Å².